The van der Waals surface area contributed by atoms with Gasteiger partial charge in [-0.2, -0.15) is 13.2 Å². The van der Waals surface area contributed by atoms with Crippen molar-refractivity contribution in [2.24, 2.45) is 0 Å². The van der Waals surface area contributed by atoms with Crippen LogP contribution in [0.25, 0.3) is 0 Å². The molecule has 0 radical (unpaired) electrons. The van der Waals surface area contributed by atoms with Crippen molar-refractivity contribution >= 4 is 5.69 Å². The van der Waals surface area contributed by atoms with Gasteiger partial charge in [0.2, 0.25) is 0 Å². The molecule has 0 saturated heterocycles. The Bertz CT molecular complexity index is 447. The minimum Gasteiger partial charge on any atom is -0.365 e. The number of halogens is 3. The van der Waals surface area contributed by atoms with Crippen LogP contribution in [0.4, 0.5) is 18.9 Å². The molecule has 20 heavy (non-hydrogen) atoms. The molecule has 5 heteroatoms. The monoisotopic (exact) mass is 288 g/mol. The summed E-state index contributed by atoms with van der Waals surface area (Å²) in [6, 6.07) is 5.52. The SMILES string of the molecule is Cc1ccc(N(C)CC(F)(F)F)c(CNC(C)(C)C)c1. The predicted octanol–water partition coefficient (Wildman–Crippen LogP) is 3.88. The molecule has 1 N–H and O–H groups in total. The Morgan fingerprint density at radius 2 is 1.75 bits per heavy atom. The van der Waals surface area contributed by atoms with Crippen molar-refractivity contribution in [1.82, 2.24) is 5.32 Å². The molecule has 0 atom stereocenters. The van der Waals surface area contributed by atoms with Crippen molar-refractivity contribution < 1.29 is 13.2 Å². The van der Waals surface area contributed by atoms with Crippen LogP contribution in [-0.4, -0.2) is 25.3 Å². The van der Waals surface area contributed by atoms with Gasteiger partial charge in [0, 0.05) is 24.8 Å². The van der Waals surface area contributed by atoms with Crippen LogP contribution in [-0.2, 0) is 6.54 Å². The van der Waals surface area contributed by atoms with Gasteiger partial charge < -0.3 is 10.2 Å². The fourth-order valence-corrected chi connectivity index (χ4v) is 1.94. The molecule has 0 amide bonds. The van der Waals surface area contributed by atoms with Gasteiger partial charge in [-0.25, -0.2) is 0 Å². The summed E-state index contributed by atoms with van der Waals surface area (Å²) in [5.74, 6) is 0. The minimum absolute atomic E-state index is 0.0797. The summed E-state index contributed by atoms with van der Waals surface area (Å²) < 4.78 is 37.6. The smallest absolute Gasteiger partial charge is 0.365 e. The average Bonchev–Trinajstić information content (AvgIpc) is 2.22. The topological polar surface area (TPSA) is 15.3 Å². The van der Waals surface area contributed by atoms with E-state index in [1.807, 2.05) is 39.8 Å². The van der Waals surface area contributed by atoms with Crippen molar-refractivity contribution in [2.45, 2.75) is 46.0 Å². The molecule has 2 nitrogen and oxygen atoms in total. The molecule has 0 aromatic heterocycles. The molecule has 0 fully saturated rings. The molecule has 1 rings (SSSR count). The highest BCUT2D eigenvalue weighted by Gasteiger charge is 2.30. The van der Waals surface area contributed by atoms with Gasteiger partial charge in [-0.3, -0.25) is 0 Å². The second-order valence-corrected chi connectivity index (χ2v) is 6.21. The van der Waals surface area contributed by atoms with E-state index >= 15 is 0 Å². The van der Waals surface area contributed by atoms with Crippen LogP contribution in [0, 0.1) is 6.92 Å². The summed E-state index contributed by atoms with van der Waals surface area (Å²) in [5, 5.41) is 3.32. The lowest BCUT2D eigenvalue weighted by molar-refractivity contribution is -0.119. The summed E-state index contributed by atoms with van der Waals surface area (Å²) in [6.07, 6.45) is -4.20. The zero-order valence-electron chi connectivity index (χ0n) is 12.7. The van der Waals surface area contributed by atoms with Gasteiger partial charge in [0.05, 0.1) is 0 Å². The Labute approximate surface area is 119 Å². The van der Waals surface area contributed by atoms with Crippen molar-refractivity contribution in [3.05, 3.63) is 29.3 Å². The van der Waals surface area contributed by atoms with Crippen LogP contribution >= 0.6 is 0 Å². The van der Waals surface area contributed by atoms with Gasteiger partial charge in [0.15, 0.2) is 0 Å². The lowest BCUT2D eigenvalue weighted by Crippen LogP contribution is -2.36. The first-order valence-electron chi connectivity index (χ1n) is 6.60. The van der Waals surface area contributed by atoms with Crippen molar-refractivity contribution in [1.29, 1.82) is 0 Å². The second-order valence-electron chi connectivity index (χ2n) is 6.21. The molecule has 1 aromatic carbocycles. The zero-order valence-corrected chi connectivity index (χ0v) is 12.7. The summed E-state index contributed by atoms with van der Waals surface area (Å²) in [7, 11) is 1.47. The Morgan fingerprint density at radius 1 is 1.15 bits per heavy atom. The maximum atomic E-state index is 12.5. The summed E-state index contributed by atoms with van der Waals surface area (Å²) in [5.41, 5.74) is 2.46. The Morgan fingerprint density at radius 3 is 2.25 bits per heavy atom. The number of hydrogen-bond acceptors (Lipinski definition) is 2. The molecule has 0 bridgehead atoms. The van der Waals surface area contributed by atoms with Gasteiger partial charge in [-0.15, -0.1) is 0 Å². The molecule has 114 valence electrons. The largest absolute Gasteiger partial charge is 0.405 e. The van der Waals surface area contributed by atoms with Gasteiger partial charge in [-0.1, -0.05) is 17.7 Å². The molecule has 0 aliphatic heterocycles. The molecule has 0 aliphatic carbocycles. The van der Waals surface area contributed by atoms with Crippen molar-refractivity contribution in [2.75, 3.05) is 18.5 Å². The molecular weight excluding hydrogens is 265 g/mol. The van der Waals surface area contributed by atoms with Gasteiger partial charge in [-0.05, 0) is 39.3 Å². The summed E-state index contributed by atoms with van der Waals surface area (Å²) in [6.45, 7) is 7.63. The van der Waals surface area contributed by atoms with Gasteiger partial charge in [0.25, 0.3) is 0 Å². The number of nitrogens with zero attached hydrogens (tertiary/aromatic N) is 1. The number of anilines is 1. The van der Waals surface area contributed by atoms with E-state index < -0.39 is 12.7 Å². The zero-order chi connectivity index (χ0) is 15.6. The summed E-state index contributed by atoms with van der Waals surface area (Å²) >= 11 is 0. The number of alkyl halides is 3. The first-order valence-corrected chi connectivity index (χ1v) is 6.60. The van der Waals surface area contributed by atoms with Crippen LogP contribution in [0.1, 0.15) is 31.9 Å². The first-order chi connectivity index (χ1) is 8.98. The Kier molecular flexibility index (Phi) is 5.08. The number of benzene rings is 1. The number of aryl methyl sites for hydroxylation is 1. The fourth-order valence-electron chi connectivity index (χ4n) is 1.94. The third-order valence-corrected chi connectivity index (χ3v) is 2.87. The maximum Gasteiger partial charge on any atom is 0.405 e. The Balaban J connectivity index is 2.95. The maximum absolute atomic E-state index is 12.5. The Hall–Kier alpha value is -1.23. The van der Waals surface area contributed by atoms with Gasteiger partial charge >= 0.3 is 6.18 Å². The average molecular weight is 288 g/mol. The normalized spacial score (nSPS) is 12.6. The molecular formula is C15H23F3N2. The van der Waals surface area contributed by atoms with E-state index in [-0.39, 0.29) is 5.54 Å². The van der Waals surface area contributed by atoms with Crippen molar-refractivity contribution in [3.63, 3.8) is 0 Å². The molecule has 1 aromatic rings. The van der Waals surface area contributed by atoms with Crippen LogP contribution in [0.3, 0.4) is 0 Å². The van der Waals surface area contributed by atoms with E-state index in [0.29, 0.717) is 12.2 Å². The fraction of sp³-hybridized carbons (Fsp3) is 0.600. The molecule has 0 spiro atoms. The van der Waals surface area contributed by atoms with E-state index in [1.54, 1.807) is 6.07 Å². The predicted molar refractivity (Wildman–Crippen MR) is 77.1 cm³/mol. The highest BCUT2D eigenvalue weighted by Crippen LogP contribution is 2.25. The standard InChI is InChI=1S/C15H23F3N2/c1-11-6-7-13(20(5)10-15(16,17)18)12(8-11)9-19-14(2,3)4/h6-8,19H,9-10H2,1-5H3. The van der Waals surface area contributed by atoms with Crippen LogP contribution < -0.4 is 10.2 Å². The third kappa shape index (κ3) is 5.82. The molecule has 0 unspecified atom stereocenters. The first kappa shape index (κ1) is 16.8. The second kappa shape index (κ2) is 6.04. The summed E-state index contributed by atoms with van der Waals surface area (Å²) in [4.78, 5) is 1.25. The lowest BCUT2D eigenvalue weighted by atomic mass is 10.1. The number of nitrogens with one attached hydrogen (secondary N) is 1. The number of rotatable bonds is 4. The third-order valence-electron chi connectivity index (χ3n) is 2.87. The minimum atomic E-state index is -4.20. The van der Waals surface area contributed by atoms with E-state index in [0.717, 1.165) is 11.1 Å². The lowest BCUT2D eigenvalue weighted by Gasteiger charge is -2.26. The van der Waals surface area contributed by atoms with E-state index in [9.17, 15) is 13.2 Å². The van der Waals surface area contributed by atoms with Gasteiger partial charge in [0.1, 0.15) is 6.54 Å². The van der Waals surface area contributed by atoms with E-state index in [1.165, 1.54) is 11.9 Å². The highest BCUT2D eigenvalue weighted by atomic mass is 19.4. The van der Waals surface area contributed by atoms with Crippen LogP contribution in [0.2, 0.25) is 0 Å². The van der Waals surface area contributed by atoms with Crippen LogP contribution in [0.5, 0.6) is 0 Å². The number of hydrogen-bond donors (Lipinski definition) is 1. The van der Waals surface area contributed by atoms with E-state index in [4.69, 9.17) is 0 Å². The quantitative estimate of drug-likeness (QED) is 0.904. The molecule has 0 aliphatic rings. The molecule has 0 saturated carbocycles. The van der Waals surface area contributed by atoms with Crippen LogP contribution in [0.15, 0.2) is 18.2 Å². The van der Waals surface area contributed by atoms with Crippen molar-refractivity contribution in [3.8, 4) is 0 Å². The highest BCUT2D eigenvalue weighted by molar-refractivity contribution is 5.54. The van der Waals surface area contributed by atoms with E-state index in [2.05, 4.69) is 5.32 Å². The molecule has 0 heterocycles.